The Morgan fingerprint density at radius 3 is 3.00 bits per heavy atom. The van der Waals surface area contributed by atoms with Crippen molar-refractivity contribution in [3.63, 3.8) is 0 Å². The van der Waals surface area contributed by atoms with Crippen LogP contribution in [0.2, 0.25) is 0 Å². The van der Waals surface area contributed by atoms with Crippen LogP contribution in [0.3, 0.4) is 0 Å². The molecule has 19 heavy (non-hydrogen) atoms. The van der Waals surface area contributed by atoms with Gasteiger partial charge in [0.1, 0.15) is 5.69 Å². The molecule has 0 amide bonds. The van der Waals surface area contributed by atoms with E-state index in [9.17, 15) is 4.79 Å². The quantitative estimate of drug-likeness (QED) is 0.835. The Balaban J connectivity index is 1.92. The van der Waals surface area contributed by atoms with Gasteiger partial charge in [0.05, 0.1) is 13.7 Å². The van der Waals surface area contributed by atoms with Crippen LogP contribution in [-0.2, 0) is 11.3 Å². The molecule has 0 spiro atoms. The van der Waals surface area contributed by atoms with E-state index in [1.165, 1.54) is 26.4 Å². The SMILES string of the molecule is COC(=O)c1cccc2nnc(CNC3CCC3)n12. The highest BCUT2D eigenvalue weighted by Gasteiger charge is 2.19. The first kappa shape index (κ1) is 12.1. The van der Waals surface area contributed by atoms with Crippen LogP contribution in [0.1, 0.15) is 35.6 Å². The highest BCUT2D eigenvalue weighted by atomic mass is 16.5. The first-order valence-corrected chi connectivity index (χ1v) is 6.44. The third-order valence-corrected chi connectivity index (χ3v) is 3.54. The molecule has 2 heterocycles. The minimum atomic E-state index is -0.379. The van der Waals surface area contributed by atoms with Gasteiger partial charge in [0.15, 0.2) is 11.5 Å². The summed E-state index contributed by atoms with van der Waals surface area (Å²) in [5.41, 5.74) is 1.11. The Labute approximate surface area is 110 Å². The average molecular weight is 260 g/mol. The van der Waals surface area contributed by atoms with Crippen LogP contribution in [0.4, 0.5) is 0 Å². The second-order valence-electron chi connectivity index (χ2n) is 4.72. The summed E-state index contributed by atoms with van der Waals surface area (Å²) < 4.78 is 6.54. The van der Waals surface area contributed by atoms with E-state index in [-0.39, 0.29) is 5.97 Å². The van der Waals surface area contributed by atoms with Crippen LogP contribution in [0, 0.1) is 0 Å². The standard InChI is InChI=1S/C13H16N4O2/c1-19-13(18)10-6-3-7-11-15-16-12(17(10)11)8-14-9-4-2-5-9/h3,6-7,9,14H,2,4-5,8H2,1H3. The number of ether oxygens (including phenoxy) is 1. The number of hydrogen-bond donors (Lipinski definition) is 1. The maximum absolute atomic E-state index is 11.8. The summed E-state index contributed by atoms with van der Waals surface area (Å²) >= 11 is 0. The van der Waals surface area contributed by atoms with Crippen molar-refractivity contribution >= 4 is 11.6 Å². The molecule has 1 N–H and O–H groups in total. The van der Waals surface area contributed by atoms with E-state index in [1.807, 2.05) is 6.07 Å². The summed E-state index contributed by atoms with van der Waals surface area (Å²) in [4.78, 5) is 11.8. The van der Waals surface area contributed by atoms with Gasteiger partial charge in [0.25, 0.3) is 0 Å². The number of nitrogens with zero attached hydrogens (tertiary/aromatic N) is 3. The van der Waals surface area contributed by atoms with Crippen LogP contribution in [0.15, 0.2) is 18.2 Å². The zero-order chi connectivity index (χ0) is 13.2. The van der Waals surface area contributed by atoms with Gasteiger partial charge in [0.2, 0.25) is 0 Å². The number of aromatic nitrogens is 3. The summed E-state index contributed by atoms with van der Waals surface area (Å²) in [5, 5.41) is 11.7. The number of fused-ring (bicyclic) bond motifs is 1. The van der Waals surface area contributed by atoms with Crippen molar-refractivity contribution in [1.82, 2.24) is 19.9 Å². The predicted molar refractivity (Wildman–Crippen MR) is 68.8 cm³/mol. The minimum absolute atomic E-state index is 0.379. The summed E-state index contributed by atoms with van der Waals surface area (Å²) in [6, 6.07) is 5.89. The Morgan fingerprint density at radius 2 is 2.32 bits per heavy atom. The molecule has 6 nitrogen and oxygen atoms in total. The van der Waals surface area contributed by atoms with Crippen molar-refractivity contribution in [2.75, 3.05) is 7.11 Å². The maximum Gasteiger partial charge on any atom is 0.355 e. The highest BCUT2D eigenvalue weighted by molar-refractivity contribution is 5.88. The van der Waals surface area contributed by atoms with E-state index in [1.54, 1.807) is 16.5 Å². The van der Waals surface area contributed by atoms with Crippen molar-refractivity contribution < 1.29 is 9.53 Å². The van der Waals surface area contributed by atoms with Crippen LogP contribution >= 0.6 is 0 Å². The fourth-order valence-corrected chi connectivity index (χ4v) is 2.23. The topological polar surface area (TPSA) is 68.5 Å². The van der Waals surface area contributed by atoms with Crippen molar-refractivity contribution in [2.24, 2.45) is 0 Å². The van der Waals surface area contributed by atoms with E-state index in [2.05, 4.69) is 15.5 Å². The lowest BCUT2D eigenvalue weighted by molar-refractivity contribution is 0.0592. The normalized spacial score (nSPS) is 15.4. The van der Waals surface area contributed by atoms with Gasteiger partial charge in [-0.05, 0) is 25.0 Å². The maximum atomic E-state index is 11.8. The molecule has 1 aliphatic rings. The highest BCUT2D eigenvalue weighted by Crippen LogP contribution is 2.18. The number of methoxy groups -OCH3 is 1. The molecule has 1 aliphatic carbocycles. The average Bonchev–Trinajstić information content (AvgIpc) is 2.79. The Hall–Kier alpha value is -1.95. The Morgan fingerprint density at radius 1 is 1.47 bits per heavy atom. The fraction of sp³-hybridized carbons (Fsp3) is 0.462. The Bertz CT molecular complexity index is 604. The molecule has 0 aromatic carbocycles. The molecule has 1 fully saturated rings. The van der Waals surface area contributed by atoms with Crippen molar-refractivity contribution in [2.45, 2.75) is 31.8 Å². The smallest absolute Gasteiger partial charge is 0.355 e. The number of rotatable bonds is 4. The lowest BCUT2D eigenvalue weighted by Gasteiger charge is -2.26. The van der Waals surface area contributed by atoms with Crippen LogP contribution in [-0.4, -0.2) is 33.7 Å². The molecule has 1 saturated carbocycles. The van der Waals surface area contributed by atoms with Crippen molar-refractivity contribution in [3.05, 3.63) is 29.7 Å². The van der Waals surface area contributed by atoms with Gasteiger partial charge < -0.3 is 10.1 Å². The van der Waals surface area contributed by atoms with Crippen LogP contribution in [0.5, 0.6) is 0 Å². The molecular formula is C13H16N4O2. The largest absolute Gasteiger partial charge is 0.464 e. The molecule has 0 bridgehead atoms. The summed E-state index contributed by atoms with van der Waals surface area (Å²) in [5.74, 6) is 0.359. The number of carbonyl (C=O) groups excluding carboxylic acids is 1. The van der Waals surface area contributed by atoms with Crippen LogP contribution in [0.25, 0.3) is 5.65 Å². The van der Waals surface area contributed by atoms with Gasteiger partial charge in [-0.15, -0.1) is 10.2 Å². The third-order valence-electron chi connectivity index (χ3n) is 3.54. The molecule has 0 radical (unpaired) electrons. The second-order valence-corrected chi connectivity index (χ2v) is 4.72. The lowest BCUT2D eigenvalue weighted by atomic mass is 9.93. The van der Waals surface area contributed by atoms with Crippen molar-refractivity contribution in [3.8, 4) is 0 Å². The van der Waals surface area contributed by atoms with Crippen LogP contribution < -0.4 is 5.32 Å². The summed E-state index contributed by atoms with van der Waals surface area (Å²) in [6.45, 7) is 0.611. The zero-order valence-electron chi connectivity index (χ0n) is 10.8. The Kier molecular flexibility index (Phi) is 3.16. The van der Waals surface area contributed by atoms with E-state index in [4.69, 9.17) is 4.74 Å². The predicted octanol–water partition coefficient (Wildman–Crippen LogP) is 1.16. The fourth-order valence-electron chi connectivity index (χ4n) is 2.23. The molecule has 100 valence electrons. The monoisotopic (exact) mass is 260 g/mol. The van der Waals surface area contributed by atoms with E-state index < -0.39 is 0 Å². The molecule has 2 aromatic rings. The number of carbonyl (C=O) groups is 1. The minimum Gasteiger partial charge on any atom is -0.464 e. The molecule has 6 heteroatoms. The number of esters is 1. The summed E-state index contributed by atoms with van der Waals surface area (Å²) in [7, 11) is 1.37. The molecule has 0 saturated heterocycles. The first-order chi connectivity index (χ1) is 9.29. The molecule has 0 atom stereocenters. The van der Waals surface area contributed by atoms with Gasteiger partial charge >= 0.3 is 5.97 Å². The van der Waals surface area contributed by atoms with E-state index in [0.29, 0.717) is 23.9 Å². The lowest BCUT2D eigenvalue weighted by Crippen LogP contribution is -2.35. The molecule has 2 aromatic heterocycles. The van der Waals surface area contributed by atoms with Crippen molar-refractivity contribution in [1.29, 1.82) is 0 Å². The van der Waals surface area contributed by atoms with E-state index >= 15 is 0 Å². The van der Waals surface area contributed by atoms with E-state index in [0.717, 1.165) is 5.82 Å². The number of hydrogen-bond acceptors (Lipinski definition) is 5. The molecule has 0 unspecified atom stereocenters. The number of pyridine rings is 1. The van der Waals surface area contributed by atoms with Gasteiger partial charge in [0, 0.05) is 6.04 Å². The molecule has 3 rings (SSSR count). The van der Waals surface area contributed by atoms with Gasteiger partial charge in [-0.3, -0.25) is 4.40 Å². The van der Waals surface area contributed by atoms with Gasteiger partial charge in [-0.1, -0.05) is 12.5 Å². The van der Waals surface area contributed by atoms with Gasteiger partial charge in [-0.2, -0.15) is 0 Å². The first-order valence-electron chi connectivity index (χ1n) is 6.44. The number of nitrogens with one attached hydrogen (secondary N) is 1. The summed E-state index contributed by atoms with van der Waals surface area (Å²) in [6.07, 6.45) is 3.70. The third kappa shape index (κ3) is 2.19. The molecule has 0 aliphatic heterocycles. The second kappa shape index (κ2) is 4.97. The zero-order valence-corrected chi connectivity index (χ0v) is 10.8. The molecular weight excluding hydrogens is 244 g/mol. The van der Waals surface area contributed by atoms with Gasteiger partial charge in [-0.25, -0.2) is 4.79 Å².